The number of rotatable bonds is 3. The van der Waals surface area contributed by atoms with E-state index in [-0.39, 0.29) is 0 Å². The molecule has 2 nitrogen and oxygen atoms in total. The third kappa shape index (κ3) is 2.13. The molecule has 0 atom stereocenters. The van der Waals surface area contributed by atoms with Gasteiger partial charge in [-0.2, -0.15) is 0 Å². The van der Waals surface area contributed by atoms with Gasteiger partial charge in [0.15, 0.2) is 0 Å². The molecular weight excluding hydrogens is 174 g/mol. The minimum absolute atomic E-state index is 0.511. The van der Waals surface area contributed by atoms with Crippen LogP contribution in [0, 0.1) is 0 Å². The fourth-order valence-electron chi connectivity index (χ4n) is 0.941. The molecule has 0 unspecified atom stereocenters. The van der Waals surface area contributed by atoms with Gasteiger partial charge in [-0.15, -0.1) is 0 Å². The van der Waals surface area contributed by atoms with Gasteiger partial charge in [0.05, 0.1) is 11.6 Å². The Balaban J connectivity index is 2.91. The van der Waals surface area contributed by atoms with Crippen molar-refractivity contribution in [1.29, 1.82) is 0 Å². The second-order valence-electron chi connectivity index (χ2n) is 2.40. The van der Waals surface area contributed by atoms with Crippen LogP contribution in [-0.2, 0) is 6.54 Å². The standard InChI is InChI=1S/C9H12ClNO/c1-2-12-9-5-7(6-11)3-4-8(9)10/h3-5H,2,6,11H2,1H3. The zero-order chi connectivity index (χ0) is 8.97. The first-order valence-corrected chi connectivity index (χ1v) is 4.27. The zero-order valence-electron chi connectivity index (χ0n) is 7.01. The van der Waals surface area contributed by atoms with Gasteiger partial charge in [0.1, 0.15) is 5.75 Å². The van der Waals surface area contributed by atoms with E-state index in [4.69, 9.17) is 22.1 Å². The predicted molar refractivity (Wildman–Crippen MR) is 50.5 cm³/mol. The summed E-state index contributed by atoms with van der Waals surface area (Å²) in [4.78, 5) is 0. The molecule has 1 aromatic rings. The van der Waals surface area contributed by atoms with Crippen molar-refractivity contribution in [2.24, 2.45) is 5.73 Å². The molecule has 66 valence electrons. The summed E-state index contributed by atoms with van der Waals surface area (Å²) in [5.41, 5.74) is 6.50. The van der Waals surface area contributed by atoms with Gasteiger partial charge in [0.25, 0.3) is 0 Å². The molecule has 0 bridgehead atoms. The van der Waals surface area contributed by atoms with Crippen LogP contribution >= 0.6 is 11.6 Å². The van der Waals surface area contributed by atoms with Crippen molar-refractivity contribution in [1.82, 2.24) is 0 Å². The lowest BCUT2D eigenvalue weighted by atomic mass is 10.2. The highest BCUT2D eigenvalue weighted by Gasteiger charge is 2.00. The largest absolute Gasteiger partial charge is 0.492 e. The smallest absolute Gasteiger partial charge is 0.138 e. The summed E-state index contributed by atoms with van der Waals surface area (Å²) in [6.45, 7) is 3.05. The molecular formula is C9H12ClNO. The highest BCUT2D eigenvalue weighted by molar-refractivity contribution is 6.32. The molecule has 0 spiro atoms. The van der Waals surface area contributed by atoms with Crippen molar-refractivity contribution in [3.05, 3.63) is 28.8 Å². The van der Waals surface area contributed by atoms with Crippen LogP contribution in [-0.4, -0.2) is 6.61 Å². The highest BCUT2D eigenvalue weighted by Crippen LogP contribution is 2.25. The summed E-state index contributed by atoms with van der Waals surface area (Å²) in [6.07, 6.45) is 0. The molecule has 0 saturated heterocycles. The molecule has 0 radical (unpaired) electrons. The van der Waals surface area contributed by atoms with Gasteiger partial charge >= 0.3 is 0 Å². The maximum atomic E-state index is 5.87. The molecule has 12 heavy (non-hydrogen) atoms. The molecule has 1 aromatic carbocycles. The quantitative estimate of drug-likeness (QED) is 0.784. The maximum Gasteiger partial charge on any atom is 0.138 e. The van der Waals surface area contributed by atoms with E-state index < -0.39 is 0 Å². The molecule has 3 heteroatoms. The summed E-state index contributed by atoms with van der Waals surface area (Å²) in [5.74, 6) is 0.710. The van der Waals surface area contributed by atoms with Crippen molar-refractivity contribution < 1.29 is 4.74 Å². The van der Waals surface area contributed by atoms with Gasteiger partial charge in [-0.05, 0) is 24.6 Å². The zero-order valence-corrected chi connectivity index (χ0v) is 7.77. The van der Waals surface area contributed by atoms with Crippen molar-refractivity contribution in [2.75, 3.05) is 6.61 Å². The number of hydrogen-bond donors (Lipinski definition) is 1. The SMILES string of the molecule is CCOc1cc(CN)ccc1Cl. The van der Waals surface area contributed by atoms with E-state index in [2.05, 4.69) is 0 Å². The lowest BCUT2D eigenvalue weighted by molar-refractivity contribution is 0.340. The first kappa shape index (κ1) is 9.36. The van der Waals surface area contributed by atoms with Gasteiger partial charge in [0.2, 0.25) is 0 Å². The Morgan fingerprint density at radius 3 is 2.83 bits per heavy atom. The number of ether oxygens (including phenoxy) is 1. The van der Waals surface area contributed by atoms with Gasteiger partial charge in [-0.3, -0.25) is 0 Å². The number of hydrogen-bond acceptors (Lipinski definition) is 2. The lowest BCUT2D eigenvalue weighted by Crippen LogP contribution is -1.98. The Morgan fingerprint density at radius 1 is 1.50 bits per heavy atom. The second-order valence-corrected chi connectivity index (χ2v) is 2.81. The molecule has 0 fully saturated rings. The highest BCUT2D eigenvalue weighted by atomic mass is 35.5. The Kier molecular flexibility index (Phi) is 3.38. The molecule has 0 aliphatic heterocycles. The number of halogens is 1. The van der Waals surface area contributed by atoms with E-state index in [1.165, 1.54) is 0 Å². The summed E-state index contributed by atoms with van der Waals surface area (Å²) >= 11 is 5.87. The first-order chi connectivity index (χ1) is 5.77. The third-order valence-corrected chi connectivity index (χ3v) is 1.84. The van der Waals surface area contributed by atoms with E-state index in [1.54, 1.807) is 6.07 Å². The first-order valence-electron chi connectivity index (χ1n) is 3.89. The van der Waals surface area contributed by atoms with Crippen LogP contribution < -0.4 is 10.5 Å². The summed E-state index contributed by atoms with van der Waals surface area (Å²) in [7, 11) is 0. The molecule has 0 aliphatic carbocycles. The summed E-state index contributed by atoms with van der Waals surface area (Å²) in [5, 5.41) is 0.633. The summed E-state index contributed by atoms with van der Waals surface area (Å²) in [6, 6.07) is 5.56. The van der Waals surface area contributed by atoms with Crippen molar-refractivity contribution in [2.45, 2.75) is 13.5 Å². The molecule has 0 amide bonds. The van der Waals surface area contributed by atoms with Crippen LogP contribution in [0.3, 0.4) is 0 Å². The monoisotopic (exact) mass is 185 g/mol. The molecule has 0 heterocycles. The lowest BCUT2D eigenvalue weighted by Gasteiger charge is -2.06. The molecule has 2 N–H and O–H groups in total. The molecule has 0 aromatic heterocycles. The third-order valence-electron chi connectivity index (χ3n) is 1.53. The van der Waals surface area contributed by atoms with E-state index in [1.807, 2.05) is 19.1 Å². The van der Waals surface area contributed by atoms with E-state index in [0.29, 0.717) is 23.9 Å². The van der Waals surface area contributed by atoms with Crippen LogP contribution in [0.15, 0.2) is 18.2 Å². The second kappa shape index (κ2) is 4.33. The fourth-order valence-corrected chi connectivity index (χ4v) is 1.11. The van der Waals surface area contributed by atoms with Crippen LogP contribution in [0.1, 0.15) is 12.5 Å². The van der Waals surface area contributed by atoms with Gasteiger partial charge in [0, 0.05) is 6.54 Å². The van der Waals surface area contributed by atoms with Crippen LogP contribution in [0.5, 0.6) is 5.75 Å². The molecule has 1 rings (SSSR count). The Bertz CT molecular complexity index is 263. The Hall–Kier alpha value is -0.730. The normalized spacial score (nSPS) is 9.92. The van der Waals surface area contributed by atoms with Crippen molar-refractivity contribution >= 4 is 11.6 Å². The minimum Gasteiger partial charge on any atom is -0.492 e. The van der Waals surface area contributed by atoms with Crippen LogP contribution in [0.25, 0.3) is 0 Å². The Morgan fingerprint density at radius 2 is 2.25 bits per heavy atom. The number of benzene rings is 1. The average Bonchev–Trinajstić information content (AvgIpc) is 2.09. The summed E-state index contributed by atoms with van der Waals surface area (Å²) < 4.78 is 5.29. The van der Waals surface area contributed by atoms with Gasteiger partial charge < -0.3 is 10.5 Å². The molecule has 0 saturated carbocycles. The number of nitrogens with two attached hydrogens (primary N) is 1. The average molecular weight is 186 g/mol. The van der Waals surface area contributed by atoms with Gasteiger partial charge in [-0.1, -0.05) is 17.7 Å². The Labute approximate surface area is 77.3 Å². The maximum absolute atomic E-state index is 5.87. The van der Waals surface area contributed by atoms with Crippen LogP contribution in [0.2, 0.25) is 5.02 Å². The van der Waals surface area contributed by atoms with Crippen molar-refractivity contribution in [3.8, 4) is 5.75 Å². The predicted octanol–water partition coefficient (Wildman–Crippen LogP) is 2.20. The minimum atomic E-state index is 0.511. The fraction of sp³-hybridized carbons (Fsp3) is 0.333. The van der Waals surface area contributed by atoms with Gasteiger partial charge in [-0.25, -0.2) is 0 Å². The van der Waals surface area contributed by atoms with Crippen LogP contribution in [0.4, 0.5) is 0 Å². The van der Waals surface area contributed by atoms with Crippen molar-refractivity contribution in [3.63, 3.8) is 0 Å². The molecule has 0 aliphatic rings. The van der Waals surface area contributed by atoms with E-state index in [0.717, 1.165) is 5.56 Å². The van der Waals surface area contributed by atoms with E-state index >= 15 is 0 Å². The topological polar surface area (TPSA) is 35.2 Å². The van der Waals surface area contributed by atoms with E-state index in [9.17, 15) is 0 Å².